The summed E-state index contributed by atoms with van der Waals surface area (Å²) in [5, 5.41) is 4.12. The van der Waals surface area contributed by atoms with E-state index >= 15 is 0 Å². The van der Waals surface area contributed by atoms with Gasteiger partial charge in [-0.15, -0.1) is 0 Å². The Morgan fingerprint density at radius 1 is 1.15 bits per heavy atom. The Kier molecular flexibility index (Phi) is 4.83. The van der Waals surface area contributed by atoms with Crippen molar-refractivity contribution in [3.63, 3.8) is 0 Å². The summed E-state index contributed by atoms with van der Waals surface area (Å²) in [6.07, 6.45) is 4.46. The van der Waals surface area contributed by atoms with Crippen LogP contribution >= 0.6 is 0 Å². The molecular formula is C17H24N2O. The Morgan fingerprint density at radius 2 is 1.85 bits per heavy atom. The average molecular weight is 272 g/mol. The molecule has 0 fully saturated rings. The number of anilines is 1. The van der Waals surface area contributed by atoms with Crippen LogP contribution in [-0.2, 0) is 6.42 Å². The van der Waals surface area contributed by atoms with E-state index < -0.39 is 0 Å². The summed E-state index contributed by atoms with van der Waals surface area (Å²) in [6, 6.07) is 8.54. The van der Waals surface area contributed by atoms with E-state index in [1.807, 2.05) is 0 Å². The number of nitrogen functional groups attached to an aromatic ring is 1. The van der Waals surface area contributed by atoms with Crippen molar-refractivity contribution in [3.8, 4) is 11.1 Å². The molecule has 0 bridgehead atoms. The first kappa shape index (κ1) is 14.6. The van der Waals surface area contributed by atoms with Gasteiger partial charge in [-0.3, -0.25) is 0 Å². The smallest absolute Gasteiger partial charge is 0.230 e. The van der Waals surface area contributed by atoms with Gasteiger partial charge in [0.05, 0.1) is 11.3 Å². The van der Waals surface area contributed by atoms with Crippen molar-refractivity contribution in [1.82, 2.24) is 5.16 Å². The Hall–Kier alpha value is -1.77. The predicted octanol–water partition coefficient (Wildman–Crippen LogP) is 4.78. The second-order valence-electron chi connectivity index (χ2n) is 5.60. The third-order valence-electron chi connectivity index (χ3n) is 3.67. The third kappa shape index (κ3) is 3.21. The molecule has 0 unspecified atom stereocenters. The van der Waals surface area contributed by atoms with Crippen LogP contribution in [0.4, 0.5) is 5.88 Å². The molecular weight excluding hydrogens is 248 g/mol. The van der Waals surface area contributed by atoms with Gasteiger partial charge in [-0.05, 0) is 29.9 Å². The number of hydrogen-bond acceptors (Lipinski definition) is 3. The molecule has 0 spiro atoms. The van der Waals surface area contributed by atoms with Crippen molar-refractivity contribution in [2.45, 2.75) is 52.4 Å². The fraction of sp³-hybridized carbons (Fsp3) is 0.471. The van der Waals surface area contributed by atoms with E-state index in [0.29, 0.717) is 11.8 Å². The maximum absolute atomic E-state index is 5.95. The van der Waals surface area contributed by atoms with Gasteiger partial charge < -0.3 is 10.3 Å². The topological polar surface area (TPSA) is 52.0 Å². The Labute approximate surface area is 121 Å². The minimum atomic E-state index is 0.425. The maximum atomic E-state index is 5.95. The quantitative estimate of drug-likeness (QED) is 0.770. The molecule has 1 heterocycles. The molecule has 2 rings (SSSR count). The number of aromatic nitrogens is 1. The minimum absolute atomic E-state index is 0.425. The first-order valence-electron chi connectivity index (χ1n) is 7.47. The number of nitrogens with two attached hydrogens (primary N) is 1. The molecule has 1 aromatic carbocycles. The second kappa shape index (κ2) is 6.60. The van der Waals surface area contributed by atoms with Crippen molar-refractivity contribution >= 4 is 5.88 Å². The van der Waals surface area contributed by atoms with Crippen molar-refractivity contribution in [2.24, 2.45) is 0 Å². The highest BCUT2D eigenvalue weighted by molar-refractivity contribution is 5.75. The van der Waals surface area contributed by atoms with E-state index in [2.05, 4.69) is 50.2 Å². The Morgan fingerprint density at radius 3 is 2.45 bits per heavy atom. The summed E-state index contributed by atoms with van der Waals surface area (Å²) < 4.78 is 5.19. The van der Waals surface area contributed by atoms with Gasteiger partial charge in [0.1, 0.15) is 0 Å². The van der Waals surface area contributed by atoms with Crippen LogP contribution < -0.4 is 5.73 Å². The molecule has 0 saturated heterocycles. The number of unbranched alkanes of at least 4 members (excludes halogenated alkanes) is 2. The predicted molar refractivity (Wildman–Crippen MR) is 83.7 cm³/mol. The zero-order valence-corrected chi connectivity index (χ0v) is 12.6. The molecule has 0 radical (unpaired) electrons. The molecule has 0 aliphatic heterocycles. The van der Waals surface area contributed by atoms with Gasteiger partial charge in [0, 0.05) is 0 Å². The van der Waals surface area contributed by atoms with Gasteiger partial charge in [-0.2, -0.15) is 0 Å². The van der Waals surface area contributed by atoms with Gasteiger partial charge in [-0.1, -0.05) is 63.0 Å². The highest BCUT2D eigenvalue weighted by Crippen LogP contribution is 2.31. The zero-order chi connectivity index (χ0) is 14.5. The van der Waals surface area contributed by atoms with E-state index in [9.17, 15) is 0 Å². The number of benzene rings is 1. The number of aryl methyl sites for hydroxylation is 1. The molecule has 1 aromatic heterocycles. The van der Waals surface area contributed by atoms with Crippen LogP contribution in [0.5, 0.6) is 0 Å². The minimum Gasteiger partial charge on any atom is -0.367 e. The number of rotatable bonds is 6. The van der Waals surface area contributed by atoms with E-state index in [-0.39, 0.29) is 0 Å². The lowest BCUT2D eigenvalue weighted by atomic mass is 9.97. The monoisotopic (exact) mass is 272 g/mol. The summed E-state index contributed by atoms with van der Waals surface area (Å²) in [7, 11) is 0. The molecule has 0 aliphatic rings. The zero-order valence-electron chi connectivity index (χ0n) is 12.6. The van der Waals surface area contributed by atoms with Gasteiger partial charge in [-0.25, -0.2) is 0 Å². The van der Waals surface area contributed by atoms with Crippen molar-refractivity contribution in [1.29, 1.82) is 0 Å². The standard InChI is InChI=1S/C17H24N2O/c1-4-5-6-7-15-16(17(18)20-19-15)14-10-8-13(9-11-14)12(2)3/h8-12H,4-7,18H2,1-3H3. The fourth-order valence-electron chi connectivity index (χ4n) is 2.39. The van der Waals surface area contributed by atoms with Crippen LogP contribution in [0.3, 0.4) is 0 Å². The van der Waals surface area contributed by atoms with Crippen LogP contribution in [0.2, 0.25) is 0 Å². The molecule has 3 heteroatoms. The largest absolute Gasteiger partial charge is 0.367 e. The van der Waals surface area contributed by atoms with E-state index in [1.54, 1.807) is 0 Å². The van der Waals surface area contributed by atoms with Crippen LogP contribution in [-0.4, -0.2) is 5.16 Å². The first-order valence-corrected chi connectivity index (χ1v) is 7.47. The molecule has 0 saturated carbocycles. The summed E-state index contributed by atoms with van der Waals surface area (Å²) in [5.41, 5.74) is 10.3. The molecule has 0 aliphatic carbocycles. The van der Waals surface area contributed by atoms with Gasteiger partial charge in [0.15, 0.2) is 0 Å². The van der Waals surface area contributed by atoms with Crippen LogP contribution in [0.25, 0.3) is 11.1 Å². The van der Waals surface area contributed by atoms with Gasteiger partial charge in [0.25, 0.3) is 0 Å². The van der Waals surface area contributed by atoms with Crippen LogP contribution in [0, 0.1) is 0 Å². The van der Waals surface area contributed by atoms with Crippen molar-refractivity contribution in [2.75, 3.05) is 5.73 Å². The van der Waals surface area contributed by atoms with Gasteiger partial charge >= 0.3 is 0 Å². The van der Waals surface area contributed by atoms with E-state index in [4.69, 9.17) is 10.3 Å². The SMILES string of the molecule is CCCCCc1noc(N)c1-c1ccc(C(C)C)cc1. The normalized spacial score (nSPS) is 11.2. The lowest BCUT2D eigenvalue weighted by Gasteiger charge is -2.07. The summed E-state index contributed by atoms with van der Waals surface area (Å²) >= 11 is 0. The van der Waals surface area contributed by atoms with Crippen molar-refractivity contribution in [3.05, 3.63) is 35.5 Å². The summed E-state index contributed by atoms with van der Waals surface area (Å²) in [6.45, 7) is 6.58. The highest BCUT2D eigenvalue weighted by Gasteiger charge is 2.15. The number of nitrogens with zero attached hydrogens (tertiary/aromatic N) is 1. The molecule has 3 nitrogen and oxygen atoms in total. The lowest BCUT2D eigenvalue weighted by Crippen LogP contribution is -1.93. The van der Waals surface area contributed by atoms with E-state index in [0.717, 1.165) is 29.7 Å². The lowest BCUT2D eigenvalue weighted by molar-refractivity contribution is 0.426. The molecule has 0 amide bonds. The molecule has 0 atom stereocenters. The van der Waals surface area contributed by atoms with Crippen LogP contribution in [0.1, 0.15) is 57.2 Å². The summed E-state index contributed by atoms with van der Waals surface area (Å²) in [4.78, 5) is 0. The van der Waals surface area contributed by atoms with Crippen LogP contribution in [0.15, 0.2) is 28.8 Å². The highest BCUT2D eigenvalue weighted by atomic mass is 16.5. The Bertz CT molecular complexity index is 541. The molecule has 108 valence electrons. The number of hydrogen-bond donors (Lipinski definition) is 1. The summed E-state index contributed by atoms with van der Waals surface area (Å²) in [5.74, 6) is 0.960. The molecule has 2 N–H and O–H groups in total. The van der Waals surface area contributed by atoms with Crippen molar-refractivity contribution < 1.29 is 4.52 Å². The maximum Gasteiger partial charge on any atom is 0.230 e. The molecule has 2 aromatic rings. The average Bonchev–Trinajstić information content (AvgIpc) is 2.80. The first-order chi connectivity index (χ1) is 9.63. The fourth-order valence-corrected chi connectivity index (χ4v) is 2.39. The third-order valence-corrected chi connectivity index (χ3v) is 3.67. The Balaban J connectivity index is 2.24. The van der Waals surface area contributed by atoms with Gasteiger partial charge in [0.2, 0.25) is 5.88 Å². The molecule has 20 heavy (non-hydrogen) atoms. The van der Waals surface area contributed by atoms with E-state index in [1.165, 1.54) is 18.4 Å². The second-order valence-corrected chi connectivity index (χ2v) is 5.60.